The number of para-hydroxylation sites is 1. The van der Waals surface area contributed by atoms with E-state index in [2.05, 4.69) is 23.1 Å². The smallest absolute Gasteiger partial charge is 0.264 e. The SMILES string of the molecule is CCOc1cc(/C=C(/C#N)C(=O)N2CCN(c3ccccc3)CC2)ccc1OC. The summed E-state index contributed by atoms with van der Waals surface area (Å²) in [6.07, 6.45) is 1.61. The molecule has 0 spiro atoms. The summed E-state index contributed by atoms with van der Waals surface area (Å²) in [7, 11) is 1.58. The molecule has 1 heterocycles. The van der Waals surface area contributed by atoms with Crippen LogP contribution in [0.3, 0.4) is 0 Å². The van der Waals surface area contributed by atoms with Crippen molar-refractivity contribution in [2.75, 3.05) is 44.8 Å². The van der Waals surface area contributed by atoms with Gasteiger partial charge in [0.1, 0.15) is 11.6 Å². The highest BCUT2D eigenvalue weighted by atomic mass is 16.5. The third-order valence-electron chi connectivity index (χ3n) is 4.84. The first-order chi connectivity index (χ1) is 14.2. The lowest BCUT2D eigenvalue weighted by atomic mass is 10.1. The van der Waals surface area contributed by atoms with Crippen LogP contribution >= 0.6 is 0 Å². The van der Waals surface area contributed by atoms with Crippen molar-refractivity contribution in [2.24, 2.45) is 0 Å². The van der Waals surface area contributed by atoms with E-state index in [1.165, 1.54) is 0 Å². The Bertz CT molecular complexity index is 911. The van der Waals surface area contributed by atoms with Gasteiger partial charge in [0.05, 0.1) is 13.7 Å². The number of anilines is 1. The van der Waals surface area contributed by atoms with Crippen LogP contribution in [0.1, 0.15) is 12.5 Å². The van der Waals surface area contributed by atoms with E-state index in [9.17, 15) is 10.1 Å². The van der Waals surface area contributed by atoms with Gasteiger partial charge >= 0.3 is 0 Å². The number of nitrogens with zero attached hydrogens (tertiary/aromatic N) is 3. The molecule has 6 heteroatoms. The van der Waals surface area contributed by atoms with Gasteiger partial charge in [-0.05, 0) is 42.8 Å². The summed E-state index contributed by atoms with van der Waals surface area (Å²) in [6, 6.07) is 17.6. The fraction of sp³-hybridized carbons (Fsp3) is 0.304. The zero-order valence-electron chi connectivity index (χ0n) is 16.8. The third kappa shape index (κ3) is 4.88. The first-order valence-electron chi connectivity index (χ1n) is 9.68. The predicted molar refractivity (Wildman–Crippen MR) is 113 cm³/mol. The molecule has 29 heavy (non-hydrogen) atoms. The Balaban J connectivity index is 1.71. The number of carbonyl (C=O) groups is 1. The molecule has 0 unspecified atom stereocenters. The van der Waals surface area contributed by atoms with Crippen molar-refractivity contribution in [3.8, 4) is 17.6 Å². The van der Waals surface area contributed by atoms with Crippen molar-refractivity contribution in [2.45, 2.75) is 6.92 Å². The second-order valence-corrected chi connectivity index (χ2v) is 6.63. The van der Waals surface area contributed by atoms with Gasteiger partial charge in [-0.2, -0.15) is 5.26 Å². The topological polar surface area (TPSA) is 65.8 Å². The predicted octanol–water partition coefficient (Wildman–Crippen LogP) is 3.35. The average molecular weight is 391 g/mol. The van der Waals surface area contributed by atoms with E-state index in [1.54, 1.807) is 36.3 Å². The van der Waals surface area contributed by atoms with Gasteiger partial charge in [-0.3, -0.25) is 4.79 Å². The molecule has 6 nitrogen and oxygen atoms in total. The Morgan fingerprint density at radius 3 is 2.45 bits per heavy atom. The van der Waals surface area contributed by atoms with E-state index in [4.69, 9.17) is 9.47 Å². The number of rotatable bonds is 6. The highest BCUT2D eigenvalue weighted by molar-refractivity contribution is 6.01. The number of methoxy groups -OCH3 is 1. The van der Waals surface area contributed by atoms with Crippen LogP contribution in [0.15, 0.2) is 54.1 Å². The number of hydrogen-bond donors (Lipinski definition) is 0. The van der Waals surface area contributed by atoms with E-state index >= 15 is 0 Å². The van der Waals surface area contributed by atoms with Crippen molar-refractivity contribution in [3.63, 3.8) is 0 Å². The Morgan fingerprint density at radius 1 is 1.10 bits per heavy atom. The minimum atomic E-state index is -0.242. The number of hydrogen-bond acceptors (Lipinski definition) is 5. The molecule has 1 amide bonds. The molecule has 1 fully saturated rings. The monoisotopic (exact) mass is 391 g/mol. The Hall–Kier alpha value is -3.46. The molecule has 1 aliphatic rings. The fourth-order valence-corrected chi connectivity index (χ4v) is 3.34. The summed E-state index contributed by atoms with van der Waals surface area (Å²) < 4.78 is 10.9. The molecule has 1 aliphatic heterocycles. The second kappa shape index (κ2) is 9.65. The number of ether oxygens (including phenoxy) is 2. The summed E-state index contributed by atoms with van der Waals surface area (Å²) in [6.45, 7) is 5.04. The largest absolute Gasteiger partial charge is 0.493 e. The molecular formula is C23H25N3O3. The highest BCUT2D eigenvalue weighted by Gasteiger charge is 2.24. The molecule has 0 aromatic heterocycles. The molecule has 150 valence electrons. The van der Waals surface area contributed by atoms with Crippen LogP contribution in [0.2, 0.25) is 0 Å². The van der Waals surface area contributed by atoms with Crippen molar-refractivity contribution in [1.29, 1.82) is 5.26 Å². The summed E-state index contributed by atoms with van der Waals surface area (Å²) in [4.78, 5) is 16.9. The van der Waals surface area contributed by atoms with Crippen molar-refractivity contribution in [1.82, 2.24) is 4.90 Å². The fourth-order valence-electron chi connectivity index (χ4n) is 3.34. The standard InChI is InChI=1S/C23H25N3O3/c1-3-29-22-16-18(9-10-21(22)28-2)15-19(17-24)23(27)26-13-11-25(12-14-26)20-7-5-4-6-8-20/h4-10,15-16H,3,11-14H2,1-2H3/b19-15-. The zero-order valence-corrected chi connectivity index (χ0v) is 16.8. The quantitative estimate of drug-likeness (QED) is 0.558. The van der Waals surface area contributed by atoms with E-state index in [0.29, 0.717) is 31.2 Å². The Labute approximate surface area is 171 Å². The maximum atomic E-state index is 12.9. The molecule has 0 atom stereocenters. The minimum absolute atomic E-state index is 0.116. The number of benzene rings is 2. The maximum Gasteiger partial charge on any atom is 0.264 e. The summed E-state index contributed by atoms with van der Waals surface area (Å²) >= 11 is 0. The van der Waals surface area contributed by atoms with Crippen LogP contribution in [0.25, 0.3) is 6.08 Å². The molecule has 0 radical (unpaired) electrons. The zero-order chi connectivity index (χ0) is 20.6. The molecule has 0 aliphatic carbocycles. The van der Waals surface area contributed by atoms with Crippen LogP contribution < -0.4 is 14.4 Å². The summed E-state index contributed by atoms with van der Waals surface area (Å²) in [5.74, 6) is 0.963. The van der Waals surface area contributed by atoms with Gasteiger partial charge in [0.2, 0.25) is 0 Å². The molecule has 1 saturated heterocycles. The van der Waals surface area contributed by atoms with Gasteiger partial charge in [0, 0.05) is 31.9 Å². The normalized spacial score (nSPS) is 14.3. The van der Waals surface area contributed by atoms with E-state index in [1.807, 2.05) is 25.1 Å². The van der Waals surface area contributed by atoms with Crippen molar-refractivity contribution < 1.29 is 14.3 Å². The highest BCUT2D eigenvalue weighted by Crippen LogP contribution is 2.29. The lowest BCUT2D eigenvalue weighted by molar-refractivity contribution is -0.126. The maximum absolute atomic E-state index is 12.9. The molecule has 0 saturated carbocycles. The van der Waals surface area contributed by atoms with E-state index in [-0.39, 0.29) is 11.5 Å². The molecule has 2 aromatic carbocycles. The van der Waals surface area contributed by atoms with Gasteiger partial charge in [0.25, 0.3) is 5.91 Å². The van der Waals surface area contributed by atoms with Gasteiger partial charge in [-0.1, -0.05) is 24.3 Å². The molecule has 2 aromatic rings. The van der Waals surface area contributed by atoms with Crippen LogP contribution in [0.4, 0.5) is 5.69 Å². The van der Waals surface area contributed by atoms with Crippen LogP contribution in [-0.2, 0) is 4.79 Å². The third-order valence-corrected chi connectivity index (χ3v) is 4.84. The Kier molecular flexibility index (Phi) is 6.75. The second-order valence-electron chi connectivity index (χ2n) is 6.63. The van der Waals surface area contributed by atoms with Crippen molar-refractivity contribution >= 4 is 17.7 Å². The molecule has 0 bridgehead atoms. The molecule has 0 N–H and O–H groups in total. The number of amides is 1. The first-order valence-corrected chi connectivity index (χ1v) is 9.68. The van der Waals surface area contributed by atoms with Crippen LogP contribution in [0.5, 0.6) is 11.5 Å². The summed E-state index contributed by atoms with van der Waals surface area (Å²) in [5, 5.41) is 9.56. The average Bonchev–Trinajstić information content (AvgIpc) is 2.78. The van der Waals surface area contributed by atoms with Gasteiger partial charge in [0.15, 0.2) is 11.5 Å². The minimum Gasteiger partial charge on any atom is -0.493 e. The van der Waals surface area contributed by atoms with Gasteiger partial charge in [-0.15, -0.1) is 0 Å². The number of piperazine rings is 1. The van der Waals surface area contributed by atoms with E-state index in [0.717, 1.165) is 24.3 Å². The Morgan fingerprint density at radius 2 is 1.83 bits per heavy atom. The van der Waals surface area contributed by atoms with Crippen LogP contribution in [-0.4, -0.2) is 50.7 Å². The lowest BCUT2D eigenvalue weighted by Crippen LogP contribution is -2.49. The molecular weight excluding hydrogens is 366 g/mol. The van der Waals surface area contributed by atoms with Crippen LogP contribution in [0, 0.1) is 11.3 Å². The number of nitriles is 1. The first kappa shape index (κ1) is 20.3. The van der Waals surface area contributed by atoms with Gasteiger partial charge in [-0.25, -0.2) is 0 Å². The molecule has 3 rings (SSSR count). The van der Waals surface area contributed by atoms with E-state index < -0.39 is 0 Å². The van der Waals surface area contributed by atoms with Gasteiger partial charge < -0.3 is 19.3 Å². The summed E-state index contributed by atoms with van der Waals surface area (Å²) in [5.41, 5.74) is 1.99. The number of carbonyl (C=O) groups excluding carboxylic acids is 1. The lowest BCUT2D eigenvalue weighted by Gasteiger charge is -2.36. The van der Waals surface area contributed by atoms with Crippen molar-refractivity contribution in [3.05, 3.63) is 59.7 Å².